The maximum atomic E-state index is 12.7. The second kappa shape index (κ2) is 18.7. The highest BCUT2D eigenvalue weighted by Crippen LogP contribution is 2.37. The van der Waals surface area contributed by atoms with Gasteiger partial charge in [0, 0.05) is 16.8 Å². The van der Waals surface area contributed by atoms with Gasteiger partial charge in [-0.3, -0.25) is 23.0 Å². The Hall–Kier alpha value is -5.52. The molecule has 0 aliphatic carbocycles. The number of nitrogens with zero attached hydrogens (tertiary/aromatic N) is 5. The number of thioether (sulfide) groups is 1. The van der Waals surface area contributed by atoms with Crippen molar-refractivity contribution in [2.24, 2.45) is 16.0 Å². The maximum Gasteiger partial charge on any atom is 0.397 e. The van der Waals surface area contributed by atoms with Crippen LogP contribution in [0.5, 0.6) is 0 Å². The van der Waals surface area contributed by atoms with Crippen molar-refractivity contribution >= 4 is 131 Å². The number of hydrogen-bond donors (Lipinski definition) is 8. The summed E-state index contributed by atoms with van der Waals surface area (Å²) in [4.78, 5) is 33.2. The molecule has 26 nitrogen and oxygen atoms in total. The lowest BCUT2D eigenvalue weighted by molar-refractivity contribution is -0.113. The van der Waals surface area contributed by atoms with E-state index in [-0.39, 0.29) is 49.8 Å². The van der Waals surface area contributed by atoms with Gasteiger partial charge in [0.2, 0.25) is 17.1 Å². The molecule has 0 saturated carbocycles. The van der Waals surface area contributed by atoms with Gasteiger partial charge in [0.15, 0.2) is 15.0 Å². The van der Waals surface area contributed by atoms with Gasteiger partial charge in [-0.25, -0.2) is 17.4 Å². The van der Waals surface area contributed by atoms with Gasteiger partial charge in [-0.15, -0.1) is 10.2 Å². The Kier molecular flexibility index (Phi) is 14.4. The van der Waals surface area contributed by atoms with Crippen LogP contribution in [0.15, 0.2) is 102 Å². The van der Waals surface area contributed by atoms with Gasteiger partial charge in [0.05, 0.1) is 33.6 Å². The number of aromatic nitrogens is 3. The quantitative estimate of drug-likeness (QED) is 0.0376. The van der Waals surface area contributed by atoms with Crippen LogP contribution in [0.2, 0.25) is 5.28 Å². The lowest BCUT2D eigenvalue weighted by atomic mass is 10.1. The molecular formula is C30H26ClN9O17S6. The number of nitrogens with one attached hydrogen (secondary N) is 3. The number of halogens is 1. The van der Waals surface area contributed by atoms with E-state index < -0.39 is 106 Å². The fraction of sp³-hybridized carbons (Fsp3) is 0.100. The monoisotopic (exact) mass is 1010 g/mol. The predicted octanol–water partition coefficient (Wildman–Crippen LogP) is 3.39. The first kappa shape index (κ1) is 48.5. The number of azo groups is 1. The first-order valence-electron chi connectivity index (χ1n) is 16.3. The summed E-state index contributed by atoms with van der Waals surface area (Å²) in [6.07, 6.45) is 0. The van der Waals surface area contributed by atoms with Crippen molar-refractivity contribution in [2.75, 3.05) is 34.1 Å². The molecule has 0 unspecified atom stereocenters. The van der Waals surface area contributed by atoms with Crippen LogP contribution < -0.4 is 21.7 Å². The SMILES string of the molecule is NC(=O)Nc1cc(Nc2nc(Cl)nc(SCC(=O)Nc3ccc(S(=O)(=O)CCOS(=O)(=O)O)cc3)n2)ccc1N=Nc1cc2c(S(=O)(=O)O)cc(S(=O)(=O)O)cc2cc1S(=O)(=O)O. The zero-order chi connectivity index (χ0) is 46.7. The van der Waals surface area contributed by atoms with Crippen molar-refractivity contribution < 1.29 is 74.1 Å². The van der Waals surface area contributed by atoms with Gasteiger partial charge >= 0.3 is 16.4 Å². The number of hydrogen-bond acceptors (Lipinski definition) is 20. The molecule has 9 N–H and O–H groups in total. The summed E-state index contributed by atoms with van der Waals surface area (Å²) >= 11 is 6.88. The fourth-order valence-electron chi connectivity index (χ4n) is 5.03. The van der Waals surface area contributed by atoms with Crippen LogP contribution in [0.3, 0.4) is 0 Å². The smallest absolute Gasteiger partial charge is 0.351 e. The first-order chi connectivity index (χ1) is 29.1. The minimum atomic E-state index is -5.23. The minimum absolute atomic E-state index is 0.0569. The molecule has 0 atom stereocenters. The zero-order valence-corrected chi connectivity index (χ0v) is 36.4. The number of carbonyl (C=O) groups is 2. The van der Waals surface area contributed by atoms with Crippen molar-refractivity contribution in [2.45, 2.75) is 24.7 Å². The van der Waals surface area contributed by atoms with Crippen molar-refractivity contribution in [1.29, 1.82) is 0 Å². The second-order valence-corrected chi connectivity index (χ2v) is 20.8. The van der Waals surface area contributed by atoms with Gasteiger partial charge in [-0.1, -0.05) is 11.8 Å². The molecule has 3 amide bonds. The maximum absolute atomic E-state index is 12.7. The second-order valence-electron chi connectivity index (χ2n) is 12.1. The highest BCUT2D eigenvalue weighted by Gasteiger charge is 2.25. The number of primary amides is 1. The number of amides is 3. The molecule has 4 aromatic carbocycles. The Bertz CT molecular complexity index is 3270. The first-order valence-corrected chi connectivity index (χ1v) is 25.0. The summed E-state index contributed by atoms with van der Waals surface area (Å²) in [5.41, 5.74) is 4.47. The van der Waals surface area contributed by atoms with E-state index in [1.54, 1.807) is 0 Å². The van der Waals surface area contributed by atoms with Crippen LogP contribution in [-0.2, 0) is 59.6 Å². The Labute approximate surface area is 364 Å². The van der Waals surface area contributed by atoms with Gasteiger partial charge < -0.3 is 21.7 Å². The number of urea groups is 1. The molecule has 33 heteroatoms. The average molecular weight is 1010 g/mol. The summed E-state index contributed by atoms with van der Waals surface area (Å²) in [5.74, 6) is -1.83. The van der Waals surface area contributed by atoms with Crippen LogP contribution in [-0.4, -0.2) is 105 Å². The summed E-state index contributed by atoms with van der Waals surface area (Å²) in [7, 11) is -24.4. The number of anilines is 4. The van der Waals surface area contributed by atoms with E-state index in [0.717, 1.165) is 30.0 Å². The van der Waals surface area contributed by atoms with Crippen LogP contribution in [0.4, 0.5) is 39.2 Å². The summed E-state index contributed by atoms with van der Waals surface area (Å²) in [5, 5.41) is 13.8. The average Bonchev–Trinajstić information content (AvgIpc) is 3.14. The molecule has 1 heterocycles. The highest BCUT2D eigenvalue weighted by atomic mass is 35.5. The van der Waals surface area contributed by atoms with Gasteiger partial charge in [-0.2, -0.15) is 48.6 Å². The number of carbonyl (C=O) groups excluding carboxylic acids is 2. The number of sulfone groups is 1. The predicted molar refractivity (Wildman–Crippen MR) is 221 cm³/mol. The largest absolute Gasteiger partial charge is 0.397 e. The molecule has 0 bridgehead atoms. The third-order valence-electron chi connectivity index (χ3n) is 7.60. The van der Waals surface area contributed by atoms with Crippen LogP contribution in [0.1, 0.15) is 0 Å². The Balaban J connectivity index is 1.35. The van der Waals surface area contributed by atoms with Crippen LogP contribution in [0.25, 0.3) is 10.8 Å². The van der Waals surface area contributed by atoms with Crippen LogP contribution >= 0.6 is 23.4 Å². The molecule has 63 heavy (non-hydrogen) atoms. The van der Waals surface area contributed by atoms with Gasteiger partial charge in [0.1, 0.15) is 21.2 Å². The van der Waals surface area contributed by atoms with Gasteiger partial charge in [0.25, 0.3) is 30.4 Å². The number of fused-ring (bicyclic) bond motifs is 1. The van der Waals surface area contributed by atoms with Crippen molar-refractivity contribution in [1.82, 2.24) is 15.0 Å². The molecule has 5 aromatic rings. The molecular weight excluding hydrogens is 986 g/mol. The molecule has 5 rings (SSSR count). The summed E-state index contributed by atoms with van der Waals surface area (Å²) in [6, 6.07) is 9.85. The third-order valence-corrected chi connectivity index (χ3v) is 13.4. The van der Waals surface area contributed by atoms with E-state index >= 15 is 0 Å². The normalized spacial score (nSPS) is 12.7. The van der Waals surface area contributed by atoms with Crippen molar-refractivity contribution in [3.8, 4) is 0 Å². The Morgan fingerprint density at radius 3 is 1.95 bits per heavy atom. The van der Waals surface area contributed by atoms with Gasteiger partial charge in [-0.05, 0) is 83.7 Å². The molecule has 0 spiro atoms. The van der Waals surface area contributed by atoms with E-state index in [2.05, 4.69) is 45.3 Å². The van der Waals surface area contributed by atoms with E-state index in [1.165, 1.54) is 30.3 Å². The molecule has 0 aliphatic rings. The zero-order valence-electron chi connectivity index (χ0n) is 30.7. The van der Waals surface area contributed by atoms with E-state index in [1.807, 2.05) is 0 Å². The molecule has 0 aliphatic heterocycles. The lowest BCUT2D eigenvalue weighted by Gasteiger charge is -2.11. The standard InChI is InChI=1S/C30H26ClN9O17S6/c31-27-36-29(38-30(37-27)58-14-26(41)33-16-1-4-18(5-2-16)59(43,44)8-7-57-63(54,55)56)34-17-3-6-21(22(11-17)35-28(32)42)39-40-23-13-20-15(10-25(23)62(51,52)53)9-19(60(45,46)47)12-24(20)61(48,49)50/h1-6,9-13H,7-8,14H2,(H,33,41)(H3,32,35,42)(H,45,46,47)(H,48,49,50)(H,51,52,53)(H,54,55,56)(H,34,36,37,38). The fourth-order valence-corrected chi connectivity index (χ4v) is 9.35. The lowest BCUT2D eigenvalue weighted by Crippen LogP contribution is -2.19. The highest BCUT2D eigenvalue weighted by molar-refractivity contribution is 7.99. The number of nitrogens with two attached hydrogens (primary N) is 1. The third kappa shape index (κ3) is 13.5. The Morgan fingerprint density at radius 1 is 0.714 bits per heavy atom. The minimum Gasteiger partial charge on any atom is -0.351 e. The number of rotatable bonds is 17. The molecule has 0 radical (unpaired) electrons. The summed E-state index contributed by atoms with van der Waals surface area (Å²) in [6.45, 7) is -0.829. The summed E-state index contributed by atoms with van der Waals surface area (Å²) < 4.78 is 160. The Morgan fingerprint density at radius 2 is 1.35 bits per heavy atom. The topological polar surface area (TPSA) is 420 Å². The number of benzene rings is 4. The van der Waals surface area contributed by atoms with Crippen LogP contribution in [0, 0.1) is 0 Å². The molecule has 336 valence electrons. The van der Waals surface area contributed by atoms with E-state index in [0.29, 0.717) is 18.2 Å². The molecule has 0 saturated heterocycles. The van der Waals surface area contributed by atoms with Crippen molar-refractivity contribution in [3.63, 3.8) is 0 Å². The molecule has 0 fully saturated rings. The van der Waals surface area contributed by atoms with E-state index in [9.17, 15) is 65.3 Å². The molecule has 1 aromatic heterocycles. The van der Waals surface area contributed by atoms with Crippen molar-refractivity contribution in [3.05, 3.63) is 72.0 Å². The van der Waals surface area contributed by atoms with E-state index in [4.69, 9.17) is 21.9 Å².